The van der Waals surface area contributed by atoms with Gasteiger partial charge in [-0.2, -0.15) is 4.74 Å². The van der Waals surface area contributed by atoms with Gasteiger partial charge in [-0.25, -0.2) is 4.99 Å². The minimum atomic E-state index is -0.209. The predicted molar refractivity (Wildman–Crippen MR) is 348 cm³/mol. The molecule has 0 saturated carbocycles. The van der Waals surface area contributed by atoms with Crippen LogP contribution in [-0.2, 0) is 0 Å². The molecule has 16 heteroatoms. The van der Waals surface area contributed by atoms with Gasteiger partial charge in [0.15, 0.2) is 25.0 Å². The summed E-state index contributed by atoms with van der Waals surface area (Å²) in [5.74, 6) is 1.24. The quantitative estimate of drug-likeness (QED) is 0.0149. The normalized spacial score (nSPS) is 11.3. The Morgan fingerprint density at radius 3 is 1.07 bits per heavy atom. The van der Waals surface area contributed by atoms with Crippen LogP contribution in [0.3, 0.4) is 0 Å². The Kier molecular flexibility index (Phi) is 25.1. The molecule has 444 valence electrons. The van der Waals surface area contributed by atoms with E-state index in [9.17, 15) is 29.2 Å². The number of rotatable bonds is 19. The van der Waals surface area contributed by atoms with Gasteiger partial charge in [-0.3, -0.25) is 34.7 Å². The van der Waals surface area contributed by atoms with Gasteiger partial charge in [-0.15, -0.1) is 22.7 Å². The van der Waals surface area contributed by atoms with E-state index in [1.807, 2.05) is 54.7 Å². The van der Waals surface area contributed by atoms with Crippen LogP contribution >= 0.6 is 22.7 Å². The number of nitrogens with zero attached hydrogens (tertiary/aromatic N) is 1. The van der Waals surface area contributed by atoms with Crippen molar-refractivity contribution < 1.29 is 44.4 Å². The number of carbonyl (C=O) groups excluding carboxylic acids is 5. The summed E-state index contributed by atoms with van der Waals surface area (Å²) in [6, 6.07) is 46.3. The zero-order chi connectivity index (χ0) is 61.2. The monoisotopic (exact) mass is 1180 g/mol. The van der Waals surface area contributed by atoms with Gasteiger partial charge in [-0.1, -0.05) is 138 Å². The average Bonchev–Trinajstić information content (AvgIpc) is 3.91. The highest BCUT2D eigenvalue weighted by atomic mass is 32.1. The van der Waals surface area contributed by atoms with Crippen molar-refractivity contribution in [3.63, 3.8) is 0 Å². The zero-order valence-electron chi connectivity index (χ0n) is 50.3. The first-order valence-corrected chi connectivity index (χ1v) is 29.8. The van der Waals surface area contributed by atoms with Gasteiger partial charge in [0, 0.05) is 58.0 Å². The molecule has 0 spiro atoms. The van der Waals surface area contributed by atoms with Gasteiger partial charge < -0.3 is 26.6 Å². The van der Waals surface area contributed by atoms with E-state index in [2.05, 4.69) is 152 Å². The third-order valence-corrected chi connectivity index (χ3v) is 15.7. The van der Waals surface area contributed by atoms with Gasteiger partial charge >= 0.3 is 0 Å². The molecule has 8 aromatic rings. The first kappa shape index (κ1) is 67.1. The van der Waals surface area contributed by atoms with E-state index in [1.165, 1.54) is 28.9 Å². The number of aldehydes is 2. The van der Waals surface area contributed by atoms with Crippen LogP contribution in [0, 0.1) is 5.21 Å². The standard InChI is InChI=1S/C44H48N4O3S.C19H24N2O2.C6H4O2S.H2O/c1-27(2)37-11-9-12-38(28(3)4)41(37)46-43(49)31-15-19-33(20-16-31)45-25-35-23-24-36(52-35)26-48(51)34-21-17-32(18-22-34)44(50)47-42-39(29(5)6)13-10-14-40(42)30(7)8;1-12(2)16-6-5-7-17(13(3)4)18(16)20-19(22)14-8-10-15(21-23)11-9-14;7-3-5-1-2-6(4-8)9-5;/h9-30H,1-8H3,(H,46,49)(H,47,50);5-13,21,23H,1-4H3,(H,20,22);1-4H;1H2/b45-25?,48-26+;;;. The smallest absolute Gasteiger partial charge is 0.255 e. The molecule has 0 bridgehead atoms. The van der Waals surface area contributed by atoms with Crippen molar-refractivity contribution in [2.45, 2.75) is 119 Å². The Labute approximate surface area is 507 Å². The molecule has 0 radical (unpaired) electrons. The second-order valence-corrected chi connectivity index (χ2v) is 24.3. The minimum Gasteiger partial charge on any atom is -0.870 e. The number of thiophene rings is 2. The minimum absolute atomic E-state index is 0. The van der Waals surface area contributed by atoms with Gasteiger partial charge in [0.2, 0.25) is 11.4 Å². The van der Waals surface area contributed by atoms with Crippen molar-refractivity contribution in [3.8, 4) is 0 Å². The van der Waals surface area contributed by atoms with Crippen LogP contribution in [0.25, 0.3) is 0 Å². The Hall–Kier alpha value is -8.67. The van der Waals surface area contributed by atoms with Gasteiger partial charge in [0.1, 0.15) is 0 Å². The number of hydrogen-bond acceptors (Lipinski definition) is 11. The Morgan fingerprint density at radius 2 is 0.753 bits per heavy atom. The number of amides is 3. The second kappa shape index (κ2) is 31.8. The van der Waals surface area contributed by atoms with Crippen LogP contribution in [0.1, 0.15) is 212 Å². The van der Waals surface area contributed by atoms with Crippen LogP contribution in [0.15, 0.2) is 152 Å². The lowest BCUT2D eigenvalue weighted by molar-refractivity contribution is -0.354. The van der Waals surface area contributed by atoms with Crippen LogP contribution in [-0.4, -0.2) is 58.1 Å². The van der Waals surface area contributed by atoms with Crippen molar-refractivity contribution in [1.82, 2.24) is 0 Å². The molecule has 8 rings (SSSR count). The fourth-order valence-electron chi connectivity index (χ4n) is 9.17. The van der Waals surface area contributed by atoms with Crippen molar-refractivity contribution in [1.29, 1.82) is 0 Å². The lowest BCUT2D eigenvalue weighted by atomic mass is 9.92. The topological polar surface area (TPSA) is 224 Å². The largest absolute Gasteiger partial charge is 0.870 e. The SMILES string of the molecule is CC(C)c1cccc(C(C)C)c1NC(=O)c1ccc(NO)cc1.CC(C)c1cccc(C(C)C)c1NC(=O)c1ccc([NH+]=Cc2ccc(/C=[N+](/[O-])c3ccc(C(=O)Nc4c(C(C)C)cccc4C(C)C)cc3)s2)cc1.O=Cc1ccc(C=O)s1.[OH-]. The summed E-state index contributed by atoms with van der Waals surface area (Å²) >= 11 is 2.66. The third kappa shape index (κ3) is 18.4. The molecule has 0 saturated heterocycles. The van der Waals surface area contributed by atoms with E-state index in [4.69, 9.17) is 5.21 Å². The van der Waals surface area contributed by atoms with E-state index >= 15 is 0 Å². The Balaban J connectivity index is 0.000000327. The first-order valence-electron chi connectivity index (χ1n) is 28.2. The van der Waals surface area contributed by atoms with Crippen molar-refractivity contribution in [3.05, 3.63) is 226 Å². The molecule has 85 heavy (non-hydrogen) atoms. The molecule has 2 aromatic heterocycles. The number of hydrogen-bond donors (Lipinski definition) is 6. The Bertz CT molecular complexity index is 3500. The highest BCUT2D eigenvalue weighted by molar-refractivity contribution is 7.15. The molecule has 3 amide bonds. The van der Waals surface area contributed by atoms with Crippen LogP contribution in [0.5, 0.6) is 0 Å². The molecule has 0 atom stereocenters. The summed E-state index contributed by atoms with van der Waals surface area (Å²) in [4.78, 5) is 65.3. The van der Waals surface area contributed by atoms with Gasteiger partial charge in [0.25, 0.3) is 17.7 Å². The van der Waals surface area contributed by atoms with Gasteiger partial charge in [0.05, 0.1) is 25.2 Å². The second-order valence-electron chi connectivity index (χ2n) is 22.0. The zero-order valence-corrected chi connectivity index (χ0v) is 51.9. The fourth-order valence-corrected chi connectivity index (χ4v) is 10.6. The lowest BCUT2D eigenvalue weighted by Crippen LogP contribution is -2.61. The van der Waals surface area contributed by atoms with Gasteiger partial charge in [-0.05, 0) is 142 Å². The maximum atomic E-state index is 13.2. The highest BCUT2D eigenvalue weighted by Gasteiger charge is 2.21. The van der Waals surface area contributed by atoms with E-state index in [0.717, 1.165) is 83.2 Å². The molecule has 0 unspecified atom stereocenters. The molecule has 14 nitrogen and oxygen atoms in total. The Morgan fingerprint density at radius 1 is 0.447 bits per heavy atom. The predicted octanol–water partition coefficient (Wildman–Crippen LogP) is 16.0. The van der Waals surface area contributed by atoms with E-state index < -0.39 is 0 Å². The third-order valence-electron chi connectivity index (χ3n) is 13.8. The summed E-state index contributed by atoms with van der Waals surface area (Å²) in [5.41, 5.74) is 14.9. The number of benzene rings is 6. The molecule has 7 N–H and O–H groups in total. The van der Waals surface area contributed by atoms with E-state index in [1.54, 1.807) is 60.7 Å². The molecule has 0 fully saturated rings. The maximum absolute atomic E-state index is 13.2. The molecule has 0 aliphatic rings. The van der Waals surface area contributed by atoms with Crippen LogP contribution in [0.4, 0.5) is 34.1 Å². The molecule has 0 aliphatic heterocycles. The molecular formula is C69H78N6O8S2. The van der Waals surface area contributed by atoms with Crippen molar-refractivity contribution in [2.75, 3.05) is 21.4 Å². The number of carbonyl (C=O) groups is 5. The molecule has 6 aromatic carbocycles. The van der Waals surface area contributed by atoms with E-state index in [-0.39, 0.29) is 46.9 Å². The summed E-state index contributed by atoms with van der Waals surface area (Å²) in [7, 11) is 0. The summed E-state index contributed by atoms with van der Waals surface area (Å²) in [6.45, 7) is 25.5. The highest BCUT2D eigenvalue weighted by Crippen LogP contribution is 2.36. The van der Waals surface area contributed by atoms with E-state index in [0.29, 0.717) is 49.7 Å². The molecule has 0 aliphatic carbocycles. The average molecular weight is 1180 g/mol. The first-order chi connectivity index (χ1) is 40.1. The molecule has 2 heterocycles. The van der Waals surface area contributed by atoms with Crippen LogP contribution in [0.2, 0.25) is 0 Å². The lowest BCUT2D eigenvalue weighted by Gasteiger charge is -2.20. The number of para-hydroxylation sites is 3. The van der Waals surface area contributed by atoms with Crippen molar-refractivity contribution in [2.24, 2.45) is 0 Å². The summed E-state index contributed by atoms with van der Waals surface area (Å²) < 4.78 is 0.809. The summed E-state index contributed by atoms with van der Waals surface area (Å²) in [6.07, 6.45) is 4.87. The number of anilines is 4. The number of nitrogens with one attached hydrogen (secondary N) is 5. The fraction of sp³-hybridized carbons (Fsp3) is 0.261. The molecular weight excluding hydrogens is 1100 g/mol. The van der Waals surface area contributed by atoms with Crippen molar-refractivity contribution >= 4 is 99.5 Å². The summed E-state index contributed by atoms with van der Waals surface area (Å²) in [5, 5.41) is 31.3. The maximum Gasteiger partial charge on any atom is 0.255 e. The van der Waals surface area contributed by atoms with Crippen LogP contribution < -0.4 is 26.4 Å².